The molecule has 170 valence electrons. The van der Waals surface area contributed by atoms with Gasteiger partial charge in [-0.05, 0) is 31.0 Å². The lowest BCUT2D eigenvalue weighted by Gasteiger charge is -2.13. The van der Waals surface area contributed by atoms with E-state index < -0.39 is 0 Å². The average Bonchev–Trinajstić information content (AvgIpc) is 3.48. The van der Waals surface area contributed by atoms with Gasteiger partial charge in [-0.2, -0.15) is 0 Å². The van der Waals surface area contributed by atoms with Crippen LogP contribution in [0.5, 0.6) is 0 Å². The number of carbonyl (C=O) groups is 1. The average molecular weight is 485 g/mol. The quantitative estimate of drug-likeness (QED) is 0.255. The Balaban J connectivity index is 1.30. The first kappa shape index (κ1) is 22.4. The molecule has 3 aromatic carbocycles. The van der Waals surface area contributed by atoms with Crippen molar-refractivity contribution in [2.24, 2.45) is 0 Å². The maximum Gasteiger partial charge on any atom is 0.239 e. The molecule has 0 unspecified atom stereocenters. The Morgan fingerprint density at radius 2 is 1.68 bits per heavy atom. The van der Waals surface area contributed by atoms with Crippen molar-refractivity contribution in [3.8, 4) is 11.3 Å². The molecule has 0 aliphatic rings. The number of hydrogen-bond donors (Lipinski definition) is 1. The van der Waals surface area contributed by atoms with Gasteiger partial charge in [-0.15, -0.1) is 11.3 Å². The molecular weight excluding hydrogens is 460 g/mol. The molecule has 2 aromatic heterocycles. The van der Waals surface area contributed by atoms with Gasteiger partial charge in [0.2, 0.25) is 5.91 Å². The van der Waals surface area contributed by atoms with Crippen molar-refractivity contribution in [2.45, 2.75) is 30.3 Å². The molecule has 1 N–H and O–H groups in total. The number of para-hydroxylation sites is 2. The van der Waals surface area contributed by atoms with Crippen molar-refractivity contribution in [3.63, 3.8) is 0 Å². The second-order valence-corrected chi connectivity index (χ2v) is 10.1. The normalized spacial score (nSPS) is 12.0. The van der Waals surface area contributed by atoms with E-state index in [1.807, 2.05) is 66.9 Å². The number of aryl methyl sites for hydroxylation is 2. The van der Waals surface area contributed by atoms with Crippen molar-refractivity contribution in [1.29, 1.82) is 0 Å². The van der Waals surface area contributed by atoms with Crippen LogP contribution in [0.1, 0.15) is 12.5 Å². The Morgan fingerprint density at radius 3 is 2.47 bits per heavy atom. The maximum absolute atomic E-state index is 13.0. The molecule has 5 rings (SSSR count). The SMILES string of the molecule is C[C@@H](Sc1nc2ccccc2n1CCc1ccccc1)C(=O)Nc1nc(-c2ccccc2)cs1. The Labute approximate surface area is 206 Å². The second kappa shape index (κ2) is 10.2. The van der Waals surface area contributed by atoms with Crippen LogP contribution in [0.25, 0.3) is 22.3 Å². The number of fused-ring (bicyclic) bond motifs is 1. The van der Waals surface area contributed by atoms with Gasteiger partial charge in [0, 0.05) is 17.5 Å². The highest BCUT2D eigenvalue weighted by molar-refractivity contribution is 8.00. The molecule has 0 saturated carbocycles. The lowest BCUT2D eigenvalue weighted by atomic mass is 10.1. The zero-order valence-corrected chi connectivity index (χ0v) is 20.4. The van der Waals surface area contributed by atoms with E-state index in [4.69, 9.17) is 4.98 Å². The topological polar surface area (TPSA) is 59.8 Å². The van der Waals surface area contributed by atoms with Crippen LogP contribution in [0.4, 0.5) is 5.13 Å². The molecule has 0 radical (unpaired) electrons. The fourth-order valence-electron chi connectivity index (χ4n) is 3.74. The zero-order valence-electron chi connectivity index (χ0n) is 18.7. The Morgan fingerprint density at radius 1 is 0.971 bits per heavy atom. The number of nitrogens with one attached hydrogen (secondary N) is 1. The van der Waals surface area contributed by atoms with E-state index in [2.05, 4.69) is 45.2 Å². The summed E-state index contributed by atoms with van der Waals surface area (Å²) < 4.78 is 2.22. The predicted molar refractivity (Wildman–Crippen MR) is 141 cm³/mol. The molecule has 0 spiro atoms. The highest BCUT2D eigenvalue weighted by atomic mass is 32.2. The fraction of sp³-hybridized carbons (Fsp3) is 0.148. The van der Waals surface area contributed by atoms with Gasteiger partial charge in [0.15, 0.2) is 10.3 Å². The second-order valence-electron chi connectivity index (χ2n) is 7.92. The Hall–Kier alpha value is -3.42. The van der Waals surface area contributed by atoms with Crippen LogP contribution >= 0.6 is 23.1 Å². The summed E-state index contributed by atoms with van der Waals surface area (Å²) in [5.41, 5.74) is 5.21. The lowest BCUT2D eigenvalue weighted by molar-refractivity contribution is -0.115. The number of hydrogen-bond acceptors (Lipinski definition) is 5. The first-order chi connectivity index (χ1) is 16.7. The van der Waals surface area contributed by atoms with Gasteiger partial charge < -0.3 is 9.88 Å². The number of imidazole rings is 1. The van der Waals surface area contributed by atoms with E-state index in [9.17, 15) is 4.79 Å². The standard InChI is InChI=1S/C27H24N4OS2/c1-19(25(32)30-26-28-23(18-33-26)21-12-6-3-7-13-21)34-27-29-22-14-8-9-15-24(22)31(27)17-16-20-10-4-2-5-11-20/h2-15,18-19H,16-17H2,1H3,(H,28,30,32)/t19-/m1/s1. The summed E-state index contributed by atoms with van der Waals surface area (Å²) in [5, 5.41) is 6.07. The smallest absolute Gasteiger partial charge is 0.239 e. The Kier molecular flexibility index (Phi) is 6.74. The molecule has 1 atom stereocenters. The van der Waals surface area contributed by atoms with Crippen molar-refractivity contribution >= 4 is 45.2 Å². The molecule has 0 bridgehead atoms. The van der Waals surface area contributed by atoms with E-state index in [0.29, 0.717) is 5.13 Å². The van der Waals surface area contributed by atoms with Gasteiger partial charge in [0.05, 0.1) is 22.0 Å². The predicted octanol–water partition coefficient (Wildman–Crippen LogP) is 6.52. The highest BCUT2D eigenvalue weighted by Gasteiger charge is 2.20. The maximum atomic E-state index is 13.0. The van der Waals surface area contributed by atoms with Gasteiger partial charge in [-0.25, -0.2) is 9.97 Å². The van der Waals surface area contributed by atoms with Crippen molar-refractivity contribution < 1.29 is 4.79 Å². The van der Waals surface area contributed by atoms with Crippen LogP contribution in [-0.4, -0.2) is 25.7 Å². The summed E-state index contributed by atoms with van der Waals surface area (Å²) in [7, 11) is 0. The molecule has 0 fully saturated rings. The minimum absolute atomic E-state index is 0.0828. The summed E-state index contributed by atoms with van der Waals surface area (Å²) in [6.45, 7) is 2.71. The number of thiazole rings is 1. The summed E-state index contributed by atoms with van der Waals surface area (Å²) in [4.78, 5) is 22.4. The van der Waals surface area contributed by atoms with Gasteiger partial charge in [-0.3, -0.25) is 4.79 Å². The van der Waals surface area contributed by atoms with Gasteiger partial charge in [-0.1, -0.05) is 84.6 Å². The molecule has 0 aliphatic heterocycles. The van der Waals surface area contributed by atoms with E-state index in [-0.39, 0.29) is 11.2 Å². The van der Waals surface area contributed by atoms with Crippen LogP contribution in [-0.2, 0) is 17.8 Å². The first-order valence-electron chi connectivity index (χ1n) is 11.1. The van der Waals surface area contributed by atoms with Crippen molar-refractivity contribution in [1.82, 2.24) is 14.5 Å². The van der Waals surface area contributed by atoms with Crippen LogP contribution in [0.15, 0.2) is 95.5 Å². The summed E-state index contributed by atoms with van der Waals surface area (Å²) >= 11 is 2.91. The van der Waals surface area contributed by atoms with Crippen LogP contribution in [0.3, 0.4) is 0 Å². The van der Waals surface area contributed by atoms with Crippen LogP contribution < -0.4 is 5.32 Å². The molecule has 0 saturated heterocycles. The third kappa shape index (κ3) is 5.05. The number of thioether (sulfide) groups is 1. The molecule has 2 heterocycles. The number of rotatable bonds is 8. The Bertz CT molecular complexity index is 1400. The fourth-order valence-corrected chi connectivity index (χ4v) is 5.41. The summed E-state index contributed by atoms with van der Waals surface area (Å²) in [6.07, 6.45) is 0.900. The molecule has 5 nitrogen and oxygen atoms in total. The lowest BCUT2D eigenvalue weighted by Crippen LogP contribution is -2.23. The van der Waals surface area contributed by atoms with Crippen molar-refractivity contribution in [3.05, 3.63) is 95.9 Å². The first-order valence-corrected chi connectivity index (χ1v) is 12.9. The summed E-state index contributed by atoms with van der Waals surface area (Å²) in [5.74, 6) is -0.0828. The summed E-state index contributed by atoms with van der Waals surface area (Å²) in [6, 6.07) is 28.5. The molecular formula is C27H24N4OS2. The van der Waals surface area contributed by atoms with Crippen LogP contribution in [0.2, 0.25) is 0 Å². The van der Waals surface area contributed by atoms with E-state index in [1.165, 1.54) is 28.7 Å². The van der Waals surface area contributed by atoms with Crippen LogP contribution in [0, 0.1) is 0 Å². The third-order valence-corrected chi connectivity index (χ3v) is 7.39. The molecule has 0 aliphatic carbocycles. The molecule has 5 aromatic rings. The monoisotopic (exact) mass is 484 g/mol. The van der Waals surface area contributed by atoms with Gasteiger partial charge in [0.25, 0.3) is 0 Å². The van der Waals surface area contributed by atoms with E-state index >= 15 is 0 Å². The number of anilines is 1. The number of carbonyl (C=O) groups excluding carboxylic acids is 1. The van der Waals surface area contributed by atoms with E-state index in [1.54, 1.807) is 0 Å². The zero-order chi connectivity index (χ0) is 23.3. The molecule has 34 heavy (non-hydrogen) atoms. The van der Waals surface area contributed by atoms with Crippen molar-refractivity contribution in [2.75, 3.05) is 5.32 Å². The molecule has 7 heteroatoms. The van der Waals surface area contributed by atoms with Gasteiger partial charge in [0.1, 0.15) is 0 Å². The largest absolute Gasteiger partial charge is 0.319 e. The number of aromatic nitrogens is 3. The number of nitrogens with zero attached hydrogens (tertiary/aromatic N) is 3. The highest BCUT2D eigenvalue weighted by Crippen LogP contribution is 2.29. The number of amides is 1. The number of benzene rings is 3. The van der Waals surface area contributed by atoms with E-state index in [0.717, 1.165) is 40.4 Å². The molecule has 1 amide bonds. The minimum Gasteiger partial charge on any atom is -0.319 e. The minimum atomic E-state index is -0.323. The van der Waals surface area contributed by atoms with Gasteiger partial charge >= 0.3 is 0 Å². The third-order valence-electron chi connectivity index (χ3n) is 5.54.